The Morgan fingerprint density at radius 1 is 1.44 bits per heavy atom. The van der Waals surface area contributed by atoms with E-state index >= 15 is 0 Å². The van der Waals surface area contributed by atoms with E-state index in [1.807, 2.05) is 13.0 Å². The van der Waals surface area contributed by atoms with Gasteiger partial charge in [-0.1, -0.05) is 6.92 Å². The van der Waals surface area contributed by atoms with Gasteiger partial charge in [0.25, 0.3) is 0 Å². The molecule has 18 heavy (non-hydrogen) atoms. The number of benzene rings is 1. The third kappa shape index (κ3) is 1.46. The summed E-state index contributed by atoms with van der Waals surface area (Å²) in [5, 5.41) is 0.965. The van der Waals surface area contributed by atoms with Crippen LogP contribution in [0.4, 0.5) is 0 Å². The maximum Gasteiger partial charge on any atom is 0.248 e. The molecule has 2 heterocycles. The SMILES string of the molecule is Cc1cc2c(c3ccc(=O)[nH]c13)OC(CN)C2C. The molecule has 0 bridgehead atoms. The number of pyridine rings is 1. The van der Waals surface area contributed by atoms with Crippen LogP contribution in [-0.4, -0.2) is 17.6 Å². The van der Waals surface area contributed by atoms with Gasteiger partial charge in [-0.3, -0.25) is 4.79 Å². The van der Waals surface area contributed by atoms with Crippen molar-refractivity contribution < 1.29 is 4.74 Å². The maximum absolute atomic E-state index is 11.4. The van der Waals surface area contributed by atoms with Gasteiger partial charge in [0.05, 0.1) is 5.52 Å². The van der Waals surface area contributed by atoms with Gasteiger partial charge in [-0.05, 0) is 24.6 Å². The van der Waals surface area contributed by atoms with Crippen molar-refractivity contribution in [2.75, 3.05) is 6.54 Å². The molecule has 2 aromatic rings. The molecule has 0 fully saturated rings. The summed E-state index contributed by atoms with van der Waals surface area (Å²) >= 11 is 0. The summed E-state index contributed by atoms with van der Waals surface area (Å²) in [6, 6.07) is 5.45. The third-order valence-corrected chi connectivity index (χ3v) is 3.74. The minimum atomic E-state index is -0.0908. The minimum absolute atomic E-state index is 0.0249. The average Bonchev–Trinajstić information content (AvgIpc) is 2.67. The molecule has 0 saturated carbocycles. The molecule has 3 N–H and O–H groups in total. The number of ether oxygens (including phenoxy) is 1. The highest BCUT2D eigenvalue weighted by atomic mass is 16.5. The fourth-order valence-electron chi connectivity index (χ4n) is 2.68. The van der Waals surface area contributed by atoms with E-state index in [1.54, 1.807) is 0 Å². The van der Waals surface area contributed by atoms with Crippen molar-refractivity contribution in [3.05, 3.63) is 39.7 Å². The zero-order valence-electron chi connectivity index (χ0n) is 10.5. The first-order chi connectivity index (χ1) is 8.61. The monoisotopic (exact) mass is 244 g/mol. The van der Waals surface area contributed by atoms with Crippen molar-refractivity contribution >= 4 is 10.9 Å². The van der Waals surface area contributed by atoms with Crippen LogP contribution in [-0.2, 0) is 0 Å². The Hall–Kier alpha value is -1.81. The summed E-state index contributed by atoms with van der Waals surface area (Å²) in [4.78, 5) is 14.3. The van der Waals surface area contributed by atoms with Crippen molar-refractivity contribution in [3.8, 4) is 5.75 Å². The summed E-state index contributed by atoms with van der Waals surface area (Å²) in [6.07, 6.45) is 0.0249. The van der Waals surface area contributed by atoms with Crippen molar-refractivity contribution in [3.63, 3.8) is 0 Å². The predicted octanol–water partition coefficient (Wildman–Crippen LogP) is 1.66. The van der Waals surface area contributed by atoms with Crippen LogP contribution in [0.3, 0.4) is 0 Å². The van der Waals surface area contributed by atoms with Gasteiger partial charge in [0.1, 0.15) is 11.9 Å². The standard InChI is InChI=1S/C14H16N2O2/c1-7-5-10-8(2)11(6-15)18-14(10)9-3-4-12(17)16-13(7)9/h3-5,8,11H,6,15H2,1-2H3,(H,16,17). The van der Waals surface area contributed by atoms with E-state index < -0.39 is 0 Å². The average molecular weight is 244 g/mol. The topological polar surface area (TPSA) is 68.1 Å². The van der Waals surface area contributed by atoms with Crippen LogP contribution in [0.5, 0.6) is 5.75 Å². The molecule has 3 rings (SSSR count). The largest absolute Gasteiger partial charge is 0.487 e. The van der Waals surface area contributed by atoms with Crippen molar-refractivity contribution in [2.45, 2.75) is 25.9 Å². The van der Waals surface area contributed by atoms with Gasteiger partial charge in [0.15, 0.2) is 0 Å². The quantitative estimate of drug-likeness (QED) is 0.801. The number of aromatic nitrogens is 1. The maximum atomic E-state index is 11.4. The Bertz CT molecular complexity index is 675. The molecule has 1 aromatic heterocycles. The Morgan fingerprint density at radius 2 is 2.22 bits per heavy atom. The minimum Gasteiger partial charge on any atom is -0.487 e. The molecule has 4 heteroatoms. The smallest absolute Gasteiger partial charge is 0.248 e. The van der Waals surface area contributed by atoms with Gasteiger partial charge in [-0.15, -0.1) is 0 Å². The van der Waals surface area contributed by atoms with E-state index in [-0.39, 0.29) is 11.7 Å². The third-order valence-electron chi connectivity index (χ3n) is 3.74. The number of fused-ring (bicyclic) bond motifs is 3. The number of aryl methyl sites for hydroxylation is 1. The van der Waals surface area contributed by atoms with Gasteiger partial charge < -0.3 is 15.5 Å². The van der Waals surface area contributed by atoms with Crippen molar-refractivity contribution in [2.24, 2.45) is 5.73 Å². The lowest BCUT2D eigenvalue weighted by atomic mass is 9.94. The number of hydrogen-bond acceptors (Lipinski definition) is 3. The van der Waals surface area contributed by atoms with E-state index in [0.717, 1.165) is 22.2 Å². The fourth-order valence-corrected chi connectivity index (χ4v) is 2.68. The molecule has 4 nitrogen and oxygen atoms in total. The van der Waals surface area contributed by atoms with E-state index in [1.165, 1.54) is 11.6 Å². The fraction of sp³-hybridized carbons (Fsp3) is 0.357. The lowest BCUT2D eigenvalue weighted by molar-refractivity contribution is 0.221. The summed E-state index contributed by atoms with van der Waals surface area (Å²) in [5.74, 6) is 1.16. The first-order valence-corrected chi connectivity index (χ1v) is 6.15. The van der Waals surface area contributed by atoms with Gasteiger partial charge in [-0.25, -0.2) is 0 Å². The molecule has 1 aromatic carbocycles. The lowest BCUT2D eigenvalue weighted by Gasteiger charge is -2.11. The highest BCUT2D eigenvalue weighted by Crippen LogP contribution is 2.43. The van der Waals surface area contributed by atoms with E-state index in [2.05, 4.69) is 18.0 Å². The molecular formula is C14H16N2O2. The van der Waals surface area contributed by atoms with Gasteiger partial charge >= 0.3 is 0 Å². The molecule has 2 atom stereocenters. The Labute approximate surface area is 105 Å². The normalized spacial score (nSPS) is 21.9. The second-order valence-electron chi connectivity index (χ2n) is 4.90. The molecule has 0 amide bonds. The molecular weight excluding hydrogens is 228 g/mol. The first kappa shape index (κ1) is 11.3. The van der Waals surface area contributed by atoms with Crippen molar-refractivity contribution in [1.29, 1.82) is 0 Å². The van der Waals surface area contributed by atoms with Crippen LogP contribution in [0.15, 0.2) is 23.0 Å². The molecule has 0 saturated heterocycles. The van der Waals surface area contributed by atoms with E-state index in [9.17, 15) is 4.79 Å². The van der Waals surface area contributed by atoms with Gasteiger partial charge in [-0.2, -0.15) is 0 Å². The van der Waals surface area contributed by atoms with E-state index in [0.29, 0.717) is 12.5 Å². The van der Waals surface area contributed by atoms with Gasteiger partial charge in [0.2, 0.25) is 5.56 Å². The summed E-state index contributed by atoms with van der Waals surface area (Å²) in [7, 11) is 0. The van der Waals surface area contributed by atoms with Crippen LogP contribution < -0.4 is 16.0 Å². The molecule has 0 radical (unpaired) electrons. The Morgan fingerprint density at radius 3 is 2.94 bits per heavy atom. The molecule has 2 unspecified atom stereocenters. The Kier molecular flexibility index (Phi) is 2.41. The van der Waals surface area contributed by atoms with Gasteiger partial charge in [0, 0.05) is 29.5 Å². The number of rotatable bonds is 1. The molecule has 1 aliphatic heterocycles. The molecule has 94 valence electrons. The Balaban J connectivity index is 2.33. The van der Waals surface area contributed by atoms with Crippen molar-refractivity contribution in [1.82, 2.24) is 4.98 Å². The lowest BCUT2D eigenvalue weighted by Crippen LogP contribution is -2.26. The number of nitrogens with one attached hydrogen (secondary N) is 1. The number of nitrogens with two attached hydrogens (primary N) is 1. The summed E-state index contributed by atoms with van der Waals surface area (Å²) in [5.41, 5.74) is 8.74. The number of hydrogen-bond donors (Lipinski definition) is 2. The summed E-state index contributed by atoms with van der Waals surface area (Å²) in [6.45, 7) is 4.63. The number of aromatic amines is 1. The molecule has 0 aliphatic carbocycles. The van der Waals surface area contributed by atoms with Crippen LogP contribution in [0.2, 0.25) is 0 Å². The highest BCUT2D eigenvalue weighted by molar-refractivity contribution is 5.89. The second-order valence-corrected chi connectivity index (χ2v) is 4.90. The molecule has 0 spiro atoms. The summed E-state index contributed by atoms with van der Waals surface area (Å²) < 4.78 is 5.93. The van der Waals surface area contributed by atoms with Crippen LogP contribution >= 0.6 is 0 Å². The first-order valence-electron chi connectivity index (χ1n) is 6.15. The predicted molar refractivity (Wildman–Crippen MR) is 71.2 cm³/mol. The molecule has 1 aliphatic rings. The zero-order valence-corrected chi connectivity index (χ0v) is 10.5. The van der Waals surface area contributed by atoms with Crippen LogP contribution in [0.1, 0.15) is 24.0 Å². The van der Waals surface area contributed by atoms with E-state index in [4.69, 9.17) is 10.5 Å². The van der Waals surface area contributed by atoms with Crippen LogP contribution in [0, 0.1) is 6.92 Å². The second kappa shape index (κ2) is 3.85. The van der Waals surface area contributed by atoms with Crippen LogP contribution in [0.25, 0.3) is 10.9 Å². The number of H-pyrrole nitrogens is 1. The highest BCUT2D eigenvalue weighted by Gasteiger charge is 2.31. The zero-order chi connectivity index (χ0) is 12.9.